The molecule has 166 valence electrons. The van der Waals surface area contributed by atoms with Crippen LogP contribution in [-0.2, 0) is 17.9 Å². The number of aromatic nitrogens is 6. The van der Waals surface area contributed by atoms with E-state index in [1.807, 2.05) is 48.1 Å². The van der Waals surface area contributed by atoms with Gasteiger partial charge in [0, 0.05) is 31.0 Å². The van der Waals surface area contributed by atoms with Crippen LogP contribution >= 0.6 is 23.1 Å². The number of hydrogen-bond acceptors (Lipinski definition) is 9. The Bertz CT molecular complexity index is 1140. The fourth-order valence-corrected chi connectivity index (χ4v) is 4.70. The highest BCUT2D eigenvalue weighted by molar-refractivity contribution is 7.99. The summed E-state index contributed by atoms with van der Waals surface area (Å²) in [5, 5.41) is 19.5. The number of amides is 1. The molecular weight excluding hydrogens is 446 g/mol. The molecule has 0 aliphatic carbocycles. The van der Waals surface area contributed by atoms with Crippen LogP contribution in [0.4, 0.5) is 0 Å². The second kappa shape index (κ2) is 10.5. The molecule has 4 rings (SSSR count). The summed E-state index contributed by atoms with van der Waals surface area (Å²) < 4.78 is 7.77. The molecule has 0 radical (unpaired) electrons. The van der Waals surface area contributed by atoms with E-state index in [0.717, 1.165) is 22.7 Å². The Balaban J connectivity index is 1.42. The Morgan fingerprint density at radius 3 is 2.72 bits per heavy atom. The molecule has 0 saturated carbocycles. The summed E-state index contributed by atoms with van der Waals surface area (Å²) in [6, 6.07) is 7.65. The van der Waals surface area contributed by atoms with E-state index in [1.54, 1.807) is 17.3 Å². The van der Waals surface area contributed by atoms with Crippen LogP contribution in [0, 0.1) is 0 Å². The highest BCUT2D eigenvalue weighted by Crippen LogP contribution is 2.25. The quantitative estimate of drug-likeness (QED) is 0.321. The normalized spacial score (nSPS) is 11.1. The zero-order chi connectivity index (χ0) is 22.3. The molecule has 11 heteroatoms. The average Bonchev–Trinajstić information content (AvgIpc) is 3.58. The van der Waals surface area contributed by atoms with Crippen molar-refractivity contribution in [3.63, 3.8) is 0 Å². The summed E-state index contributed by atoms with van der Waals surface area (Å²) in [5.41, 5.74) is 0.943. The van der Waals surface area contributed by atoms with E-state index in [1.165, 1.54) is 23.1 Å². The molecule has 4 aromatic heterocycles. The van der Waals surface area contributed by atoms with Crippen molar-refractivity contribution in [2.45, 2.75) is 38.5 Å². The largest absolute Gasteiger partial charge is 0.418 e. The molecule has 0 bridgehead atoms. The lowest BCUT2D eigenvalue weighted by Gasteiger charge is -2.20. The summed E-state index contributed by atoms with van der Waals surface area (Å²) in [6.45, 7) is 5.66. The number of thioether (sulfide) groups is 1. The van der Waals surface area contributed by atoms with Crippen LogP contribution in [0.3, 0.4) is 0 Å². The molecule has 9 nitrogen and oxygen atoms in total. The standard InChI is InChI=1S/C21H23N7O2S2/c1-3-11-27(13-17-23-25-20(30-17)16-6-5-12-31-16)18(29)14-32-21-26-24-19(28(21)4-2)15-7-9-22-10-8-15/h5-10,12H,3-4,11,13-14H2,1-2H3. The molecule has 0 fully saturated rings. The van der Waals surface area contributed by atoms with E-state index in [-0.39, 0.29) is 18.2 Å². The Morgan fingerprint density at radius 1 is 1.16 bits per heavy atom. The highest BCUT2D eigenvalue weighted by Gasteiger charge is 2.20. The summed E-state index contributed by atoms with van der Waals surface area (Å²) in [7, 11) is 0. The number of carbonyl (C=O) groups is 1. The second-order valence-electron chi connectivity index (χ2n) is 6.87. The maximum Gasteiger partial charge on any atom is 0.257 e. The molecule has 0 unspecified atom stereocenters. The van der Waals surface area contributed by atoms with Crippen molar-refractivity contribution in [1.29, 1.82) is 0 Å². The maximum absolute atomic E-state index is 13.0. The van der Waals surface area contributed by atoms with Gasteiger partial charge in [0.05, 0.1) is 17.2 Å². The molecule has 0 saturated heterocycles. The molecule has 0 N–H and O–H groups in total. The van der Waals surface area contributed by atoms with Crippen LogP contribution in [0.2, 0.25) is 0 Å². The van der Waals surface area contributed by atoms with Crippen LogP contribution in [0.15, 0.2) is 51.6 Å². The van der Waals surface area contributed by atoms with Crippen molar-refractivity contribution in [2.75, 3.05) is 12.3 Å². The van der Waals surface area contributed by atoms with E-state index in [4.69, 9.17) is 4.42 Å². The van der Waals surface area contributed by atoms with Crippen LogP contribution in [0.25, 0.3) is 22.2 Å². The summed E-state index contributed by atoms with van der Waals surface area (Å²) in [6.07, 6.45) is 4.29. The minimum Gasteiger partial charge on any atom is -0.418 e. The zero-order valence-corrected chi connectivity index (χ0v) is 19.5. The van der Waals surface area contributed by atoms with Crippen LogP contribution in [0.1, 0.15) is 26.2 Å². The number of nitrogens with zero attached hydrogens (tertiary/aromatic N) is 7. The maximum atomic E-state index is 13.0. The molecule has 0 aliphatic heterocycles. The van der Waals surface area contributed by atoms with Gasteiger partial charge in [-0.3, -0.25) is 9.78 Å². The van der Waals surface area contributed by atoms with Crippen LogP contribution in [0.5, 0.6) is 0 Å². The van der Waals surface area contributed by atoms with Gasteiger partial charge in [0.2, 0.25) is 11.8 Å². The Kier molecular flexibility index (Phi) is 7.28. The van der Waals surface area contributed by atoms with E-state index >= 15 is 0 Å². The third-order valence-electron chi connectivity index (χ3n) is 4.67. The number of thiophene rings is 1. The van der Waals surface area contributed by atoms with Gasteiger partial charge in [-0.05, 0) is 36.9 Å². The Hall–Kier alpha value is -3.05. The Labute approximate surface area is 193 Å². The lowest BCUT2D eigenvalue weighted by molar-refractivity contribution is -0.129. The van der Waals surface area contributed by atoms with Crippen molar-refractivity contribution in [3.05, 3.63) is 47.9 Å². The summed E-state index contributed by atoms with van der Waals surface area (Å²) in [4.78, 5) is 19.7. The number of carbonyl (C=O) groups excluding carboxylic acids is 1. The van der Waals surface area contributed by atoms with Crippen molar-refractivity contribution in [3.8, 4) is 22.2 Å². The lowest BCUT2D eigenvalue weighted by Crippen LogP contribution is -2.33. The lowest BCUT2D eigenvalue weighted by atomic mass is 10.2. The van der Waals surface area contributed by atoms with E-state index in [0.29, 0.717) is 30.0 Å². The predicted molar refractivity (Wildman–Crippen MR) is 123 cm³/mol. The first kappa shape index (κ1) is 22.2. The molecule has 0 aromatic carbocycles. The van der Waals surface area contributed by atoms with Gasteiger partial charge in [-0.15, -0.1) is 31.7 Å². The van der Waals surface area contributed by atoms with Gasteiger partial charge < -0.3 is 13.9 Å². The number of rotatable bonds is 10. The van der Waals surface area contributed by atoms with Gasteiger partial charge in [-0.25, -0.2) is 0 Å². The smallest absolute Gasteiger partial charge is 0.257 e. The molecule has 0 aliphatic rings. The fraction of sp³-hybridized carbons (Fsp3) is 0.333. The first-order valence-electron chi connectivity index (χ1n) is 10.3. The van der Waals surface area contributed by atoms with Gasteiger partial charge in [-0.1, -0.05) is 24.8 Å². The molecule has 4 aromatic rings. The Morgan fingerprint density at radius 2 is 2.00 bits per heavy atom. The number of pyridine rings is 1. The topological polar surface area (TPSA) is 103 Å². The van der Waals surface area contributed by atoms with Gasteiger partial charge in [0.25, 0.3) is 5.89 Å². The first-order chi connectivity index (χ1) is 15.7. The fourth-order valence-electron chi connectivity index (χ4n) is 3.16. The van der Waals surface area contributed by atoms with Crippen molar-refractivity contribution < 1.29 is 9.21 Å². The molecule has 0 spiro atoms. The SMILES string of the molecule is CCCN(Cc1nnc(-c2cccs2)o1)C(=O)CSc1nnc(-c2ccncc2)n1CC. The minimum absolute atomic E-state index is 0.0103. The molecule has 1 amide bonds. The molecule has 4 heterocycles. The van der Waals surface area contributed by atoms with E-state index in [9.17, 15) is 4.79 Å². The molecular formula is C21H23N7O2S2. The van der Waals surface area contributed by atoms with Crippen molar-refractivity contribution >= 4 is 29.0 Å². The first-order valence-corrected chi connectivity index (χ1v) is 12.2. The summed E-state index contributed by atoms with van der Waals surface area (Å²) in [5.74, 6) is 1.91. The second-order valence-corrected chi connectivity index (χ2v) is 8.76. The third kappa shape index (κ3) is 5.05. The van der Waals surface area contributed by atoms with Gasteiger partial charge in [0.15, 0.2) is 11.0 Å². The van der Waals surface area contributed by atoms with E-state index < -0.39 is 0 Å². The van der Waals surface area contributed by atoms with Crippen LogP contribution < -0.4 is 0 Å². The zero-order valence-electron chi connectivity index (χ0n) is 17.8. The minimum atomic E-state index is -0.0103. The number of hydrogen-bond donors (Lipinski definition) is 0. The van der Waals surface area contributed by atoms with E-state index in [2.05, 4.69) is 25.4 Å². The van der Waals surface area contributed by atoms with Gasteiger partial charge in [-0.2, -0.15) is 0 Å². The van der Waals surface area contributed by atoms with Crippen molar-refractivity contribution in [2.24, 2.45) is 0 Å². The molecule has 32 heavy (non-hydrogen) atoms. The predicted octanol–water partition coefficient (Wildman–Crippen LogP) is 4.00. The average molecular weight is 470 g/mol. The molecule has 0 atom stereocenters. The van der Waals surface area contributed by atoms with Gasteiger partial charge in [0.1, 0.15) is 0 Å². The monoisotopic (exact) mass is 469 g/mol. The van der Waals surface area contributed by atoms with Crippen molar-refractivity contribution in [1.82, 2.24) is 34.8 Å². The third-order valence-corrected chi connectivity index (χ3v) is 6.48. The van der Waals surface area contributed by atoms with Gasteiger partial charge >= 0.3 is 0 Å². The van der Waals surface area contributed by atoms with Crippen LogP contribution in [-0.4, -0.2) is 53.1 Å². The highest BCUT2D eigenvalue weighted by atomic mass is 32.2. The summed E-state index contributed by atoms with van der Waals surface area (Å²) >= 11 is 2.92.